The smallest absolute Gasteiger partial charge is 0.281 e. The second-order valence-electron chi connectivity index (χ2n) is 4.13. The fourth-order valence-electron chi connectivity index (χ4n) is 1.75. The molecule has 1 atom stereocenters. The molecule has 0 bridgehead atoms. The number of benzene rings is 1. The molecule has 1 aliphatic rings. The zero-order valence-corrected chi connectivity index (χ0v) is 10.5. The molecular formula is C12H12N4O3. The molecule has 1 heterocycles. The van der Waals surface area contributed by atoms with Crippen LogP contribution in [0.2, 0.25) is 0 Å². The molecule has 19 heavy (non-hydrogen) atoms. The average Bonchev–Trinajstić information content (AvgIpc) is 2.64. The van der Waals surface area contributed by atoms with Crippen LogP contribution in [0.1, 0.15) is 13.8 Å². The third kappa shape index (κ3) is 2.49. The van der Waals surface area contributed by atoms with Crippen molar-refractivity contribution in [2.24, 2.45) is 10.3 Å². The van der Waals surface area contributed by atoms with Crippen LogP contribution in [0.4, 0.5) is 11.4 Å². The summed E-state index contributed by atoms with van der Waals surface area (Å²) in [5.41, 5.74) is 1.50. The lowest BCUT2D eigenvalue weighted by Gasteiger charge is -2.12. The van der Waals surface area contributed by atoms with Gasteiger partial charge < -0.3 is 5.32 Å². The van der Waals surface area contributed by atoms with Gasteiger partial charge >= 0.3 is 0 Å². The van der Waals surface area contributed by atoms with E-state index in [1.807, 2.05) is 0 Å². The van der Waals surface area contributed by atoms with Crippen molar-refractivity contribution in [2.75, 3.05) is 10.3 Å². The molecule has 7 heteroatoms. The molecule has 1 aromatic rings. The number of hydrogen-bond donors (Lipinski definition) is 1. The van der Waals surface area contributed by atoms with Crippen molar-refractivity contribution < 1.29 is 9.59 Å². The minimum absolute atomic E-state index is 0.177. The van der Waals surface area contributed by atoms with Crippen molar-refractivity contribution in [3.8, 4) is 0 Å². The summed E-state index contributed by atoms with van der Waals surface area (Å²) in [7, 11) is 0. The van der Waals surface area contributed by atoms with Crippen molar-refractivity contribution in [1.29, 1.82) is 0 Å². The van der Waals surface area contributed by atoms with E-state index >= 15 is 0 Å². The van der Waals surface area contributed by atoms with Crippen LogP contribution in [0.3, 0.4) is 0 Å². The standard InChI is InChI=1S/C12H12N4O3/c1-7-11(15-19)12(18)16(14-7)10-5-3-9(4-6-10)13-8(2)17/h3-6,11H,1-2H3,(H,13,17)/t11-/m0/s1. The highest BCUT2D eigenvalue weighted by Crippen LogP contribution is 2.23. The summed E-state index contributed by atoms with van der Waals surface area (Å²) in [5.74, 6) is -0.649. The third-order valence-corrected chi connectivity index (χ3v) is 2.63. The topological polar surface area (TPSA) is 91.2 Å². The summed E-state index contributed by atoms with van der Waals surface area (Å²) in [6.07, 6.45) is 0. The fraction of sp³-hybridized carbons (Fsp3) is 0.250. The first-order valence-electron chi connectivity index (χ1n) is 5.62. The largest absolute Gasteiger partial charge is 0.326 e. The maximum absolute atomic E-state index is 11.9. The number of hydrogen-bond acceptors (Lipinski definition) is 5. The molecule has 0 fully saturated rings. The average molecular weight is 260 g/mol. The molecule has 0 saturated heterocycles. The second kappa shape index (κ2) is 4.97. The predicted octanol–water partition coefficient (Wildman–Crippen LogP) is 1.50. The van der Waals surface area contributed by atoms with Gasteiger partial charge in [0.1, 0.15) is 0 Å². The maximum atomic E-state index is 11.9. The van der Waals surface area contributed by atoms with Crippen LogP contribution in [0, 0.1) is 4.91 Å². The van der Waals surface area contributed by atoms with Crippen molar-refractivity contribution in [2.45, 2.75) is 19.9 Å². The van der Waals surface area contributed by atoms with Crippen LogP contribution in [0.15, 0.2) is 34.5 Å². The third-order valence-electron chi connectivity index (χ3n) is 2.63. The van der Waals surface area contributed by atoms with Crippen molar-refractivity contribution in [1.82, 2.24) is 0 Å². The summed E-state index contributed by atoms with van der Waals surface area (Å²) in [4.78, 5) is 33.3. The Balaban J connectivity index is 2.22. The summed E-state index contributed by atoms with van der Waals surface area (Å²) in [5, 5.41) is 10.5. The van der Waals surface area contributed by atoms with Crippen molar-refractivity contribution in [3.05, 3.63) is 29.2 Å². The van der Waals surface area contributed by atoms with Crippen LogP contribution in [-0.2, 0) is 9.59 Å². The first kappa shape index (κ1) is 12.9. The Morgan fingerprint density at radius 3 is 2.47 bits per heavy atom. The first-order chi connectivity index (χ1) is 9.02. The molecule has 0 aromatic heterocycles. The van der Waals surface area contributed by atoms with Gasteiger partial charge in [-0.25, -0.2) is 0 Å². The molecule has 0 unspecified atom stereocenters. The van der Waals surface area contributed by atoms with Gasteiger partial charge in [0, 0.05) is 12.6 Å². The quantitative estimate of drug-likeness (QED) is 0.835. The number of nitroso groups, excluding NO2 is 1. The van der Waals surface area contributed by atoms with Gasteiger partial charge in [0.15, 0.2) is 0 Å². The Hall–Kier alpha value is -2.57. The van der Waals surface area contributed by atoms with Gasteiger partial charge in [0.05, 0.1) is 11.4 Å². The number of amides is 2. The van der Waals surface area contributed by atoms with Crippen LogP contribution >= 0.6 is 0 Å². The molecule has 0 aliphatic carbocycles. The molecule has 1 aliphatic heterocycles. The Kier molecular flexibility index (Phi) is 3.37. The van der Waals surface area contributed by atoms with Gasteiger partial charge in [-0.05, 0) is 31.2 Å². The van der Waals surface area contributed by atoms with Crippen LogP contribution in [0.25, 0.3) is 0 Å². The van der Waals surface area contributed by atoms with Gasteiger partial charge in [-0.15, -0.1) is 4.91 Å². The van der Waals surface area contributed by atoms with Gasteiger partial charge in [-0.2, -0.15) is 10.1 Å². The highest BCUT2D eigenvalue weighted by molar-refractivity contribution is 6.18. The number of nitrogens with zero attached hydrogens (tertiary/aromatic N) is 3. The molecule has 1 aromatic carbocycles. The normalized spacial score (nSPS) is 18.2. The second-order valence-corrected chi connectivity index (χ2v) is 4.13. The molecule has 98 valence electrons. The Morgan fingerprint density at radius 1 is 1.37 bits per heavy atom. The van der Waals surface area contributed by atoms with Crippen LogP contribution < -0.4 is 10.3 Å². The van der Waals surface area contributed by atoms with Gasteiger partial charge in [-0.1, -0.05) is 5.18 Å². The zero-order chi connectivity index (χ0) is 14.0. The summed E-state index contributed by atoms with van der Waals surface area (Å²) in [6.45, 7) is 2.99. The van der Waals surface area contributed by atoms with E-state index in [0.717, 1.165) is 5.01 Å². The lowest BCUT2D eigenvalue weighted by atomic mass is 10.2. The lowest BCUT2D eigenvalue weighted by molar-refractivity contribution is -0.118. The monoisotopic (exact) mass is 260 g/mol. The van der Waals surface area contributed by atoms with E-state index in [1.54, 1.807) is 31.2 Å². The van der Waals surface area contributed by atoms with E-state index in [1.165, 1.54) is 6.92 Å². The maximum Gasteiger partial charge on any atom is 0.281 e. The van der Waals surface area contributed by atoms with Crippen LogP contribution in [0.5, 0.6) is 0 Å². The molecule has 2 amide bonds. The number of nitrogens with one attached hydrogen (secondary N) is 1. The zero-order valence-electron chi connectivity index (χ0n) is 10.5. The molecular weight excluding hydrogens is 248 g/mol. The van der Waals surface area contributed by atoms with Crippen molar-refractivity contribution in [3.63, 3.8) is 0 Å². The molecule has 1 N–H and O–H groups in total. The van der Waals surface area contributed by atoms with E-state index in [9.17, 15) is 14.5 Å². The summed E-state index contributed by atoms with van der Waals surface area (Å²) in [6, 6.07) is 5.52. The number of carbonyl (C=O) groups excluding carboxylic acids is 2. The van der Waals surface area contributed by atoms with E-state index in [-0.39, 0.29) is 5.91 Å². The number of anilines is 2. The highest BCUT2D eigenvalue weighted by atomic mass is 16.3. The molecule has 7 nitrogen and oxygen atoms in total. The Bertz CT molecular complexity index is 565. The minimum atomic E-state index is -1.05. The predicted molar refractivity (Wildman–Crippen MR) is 70.9 cm³/mol. The first-order valence-corrected chi connectivity index (χ1v) is 5.62. The van der Waals surface area contributed by atoms with E-state index in [2.05, 4.69) is 15.6 Å². The minimum Gasteiger partial charge on any atom is -0.326 e. The molecule has 0 spiro atoms. The number of carbonyl (C=O) groups is 2. The van der Waals surface area contributed by atoms with Crippen molar-refractivity contribution >= 4 is 28.9 Å². The Morgan fingerprint density at radius 2 is 2.00 bits per heavy atom. The van der Waals surface area contributed by atoms with E-state index < -0.39 is 11.9 Å². The van der Waals surface area contributed by atoms with E-state index in [0.29, 0.717) is 17.1 Å². The number of rotatable bonds is 3. The van der Waals surface area contributed by atoms with Gasteiger partial charge in [0.25, 0.3) is 5.91 Å². The fourth-order valence-corrected chi connectivity index (χ4v) is 1.75. The summed E-state index contributed by atoms with van der Waals surface area (Å²) < 4.78 is 0. The van der Waals surface area contributed by atoms with Gasteiger partial charge in [0.2, 0.25) is 11.9 Å². The molecule has 0 radical (unpaired) electrons. The molecule has 0 saturated carbocycles. The van der Waals surface area contributed by atoms with Gasteiger partial charge in [-0.3, -0.25) is 9.59 Å². The van der Waals surface area contributed by atoms with E-state index in [4.69, 9.17) is 0 Å². The lowest BCUT2D eigenvalue weighted by Crippen LogP contribution is -2.29. The molecule has 2 rings (SSSR count). The summed E-state index contributed by atoms with van der Waals surface area (Å²) >= 11 is 0. The highest BCUT2D eigenvalue weighted by Gasteiger charge is 2.35. The number of hydrazone groups is 1. The SMILES string of the molecule is CC(=O)Nc1ccc(N2N=C(C)[C@H](N=O)C2=O)cc1. The van der Waals surface area contributed by atoms with Crippen LogP contribution in [-0.4, -0.2) is 23.6 Å². The Labute approximate surface area is 109 Å².